The summed E-state index contributed by atoms with van der Waals surface area (Å²) in [6, 6.07) is 7.43. The van der Waals surface area contributed by atoms with Gasteiger partial charge in [0.2, 0.25) is 0 Å². The second kappa shape index (κ2) is 6.63. The van der Waals surface area contributed by atoms with E-state index in [0.29, 0.717) is 11.3 Å². The quantitative estimate of drug-likeness (QED) is 0.929. The van der Waals surface area contributed by atoms with Gasteiger partial charge in [0.25, 0.3) is 5.91 Å². The summed E-state index contributed by atoms with van der Waals surface area (Å²) in [6.45, 7) is 9.06. The molecule has 1 amide bonds. The molecular weight excluding hydrogens is 314 g/mol. The first-order chi connectivity index (χ1) is 11.8. The lowest BCUT2D eigenvalue weighted by Crippen LogP contribution is -2.17. The predicted molar refractivity (Wildman–Crippen MR) is 100 cm³/mol. The van der Waals surface area contributed by atoms with E-state index in [1.807, 2.05) is 44.8 Å². The number of hydrazone groups is 1. The Morgan fingerprint density at radius 3 is 2.28 bits per heavy atom. The highest BCUT2D eigenvalue weighted by atomic mass is 16.1. The first-order valence-electron chi connectivity index (χ1n) is 8.38. The van der Waals surface area contributed by atoms with Crippen LogP contribution >= 0.6 is 0 Å². The van der Waals surface area contributed by atoms with Crippen molar-refractivity contribution in [3.05, 3.63) is 48.0 Å². The minimum Gasteiger partial charge on any atom is -0.319 e. The van der Waals surface area contributed by atoms with Crippen molar-refractivity contribution >= 4 is 23.0 Å². The molecule has 0 radical (unpaired) electrons. The number of rotatable bonds is 3. The number of benzene rings is 1. The Hall–Kier alpha value is -2.76. The Morgan fingerprint density at radius 1 is 1.12 bits per heavy atom. The number of nitrogens with one attached hydrogen (secondary N) is 1. The zero-order chi connectivity index (χ0) is 18.0. The monoisotopic (exact) mass is 337 g/mol. The van der Waals surface area contributed by atoms with Gasteiger partial charge in [-0.3, -0.25) is 9.80 Å². The van der Waals surface area contributed by atoms with Crippen molar-refractivity contribution in [1.29, 1.82) is 0 Å². The predicted octanol–water partition coefficient (Wildman–Crippen LogP) is 3.61. The van der Waals surface area contributed by atoms with Crippen molar-refractivity contribution in [3.63, 3.8) is 0 Å². The summed E-state index contributed by atoms with van der Waals surface area (Å²) in [6.07, 6.45) is 4.26. The summed E-state index contributed by atoms with van der Waals surface area (Å²) in [4.78, 5) is 21.0. The maximum atomic E-state index is 12.4. The lowest BCUT2D eigenvalue weighted by Gasteiger charge is -2.16. The van der Waals surface area contributed by atoms with E-state index in [0.717, 1.165) is 30.2 Å². The van der Waals surface area contributed by atoms with E-state index in [1.165, 1.54) is 0 Å². The van der Waals surface area contributed by atoms with Crippen molar-refractivity contribution in [2.45, 2.75) is 39.5 Å². The molecule has 0 fully saturated rings. The van der Waals surface area contributed by atoms with Gasteiger partial charge >= 0.3 is 0 Å². The van der Waals surface area contributed by atoms with Crippen molar-refractivity contribution in [2.75, 3.05) is 16.9 Å². The Labute approximate surface area is 148 Å². The van der Waals surface area contributed by atoms with Gasteiger partial charge in [-0.15, -0.1) is 0 Å². The van der Waals surface area contributed by atoms with Gasteiger partial charge in [-0.2, -0.15) is 5.10 Å². The molecule has 130 valence electrons. The second-order valence-electron chi connectivity index (χ2n) is 7.25. The number of amides is 1. The molecular formula is C19H23N5O. The van der Waals surface area contributed by atoms with Crippen LogP contribution in [0.2, 0.25) is 0 Å². The Kier molecular flexibility index (Phi) is 4.53. The minimum absolute atomic E-state index is 0.116. The maximum Gasteiger partial charge on any atom is 0.255 e. The van der Waals surface area contributed by atoms with Crippen molar-refractivity contribution in [2.24, 2.45) is 5.10 Å². The van der Waals surface area contributed by atoms with Gasteiger partial charge in [-0.05, 0) is 31.2 Å². The van der Waals surface area contributed by atoms with Crippen LogP contribution in [0, 0.1) is 0 Å². The van der Waals surface area contributed by atoms with Crippen LogP contribution in [0.25, 0.3) is 0 Å². The standard InChI is InChI=1S/C19H23N5O/c1-13-9-10-24(23-13)16-7-5-14(6-8-16)17(25)22-15-11-20-18(21-12-15)19(2,3)4/h5-8,11-12H,9-10H2,1-4H3,(H,22,25). The number of hydrogen-bond donors (Lipinski definition) is 1. The molecule has 0 unspecified atom stereocenters. The molecule has 0 aliphatic carbocycles. The van der Waals surface area contributed by atoms with Crippen molar-refractivity contribution in [3.8, 4) is 0 Å². The molecule has 0 atom stereocenters. The molecule has 6 nitrogen and oxygen atoms in total. The van der Waals surface area contributed by atoms with Crippen LogP contribution in [0.15, 0.2) is 41.8 Å². The number of hydrogen-bond acceptors (Lipinski definition) is 5. The Bertz CT molecular complexity index is 788. The normalized spacial score (nSPS) is 14.4. The summed E-state index contributed by atoms with van der Waals surface area (Å²) < 4.78 is 0. The summed E-state index contributed by atoms with van der Waals surface area (Å²) >= 11 is 0. The van der Waals surface area contributed by atoms with E-state index in [4.69, 9.17) is 0 Å². The fraction of sp³-hybridized carbons (Fsp3) is 0.368. The van der Waals surface area contributed by atoms with Gasteiger partial charge in [0, 0.05) is 29.7 Å². The van der Waals surface area contributed by atoms with Gasteiger partial charge in [-0.25, -0.2) is 9.97 Å². The molecule has 1 aromatic heterocycles. The third kappa shape index (κ3) is 4.02. The largest absolute Gasteiger partial charge is 0.319 e. The topological polar surface area (TPSA) is 70.5 Å². The molecule has 3 rings (SSSR count). The smallest absolute Gasteiger partial charge is 0.255 e. The molecule has 1 N–H and O–H groups in total. The lowest BCUT2D eigenvalue weighted by molar-refractivity contribution is 0.102. The van der Waals surface area contributed by atoms with Crippen LogP contribution < -0.4 is 10.3 Å². The van der Waals surface area contributed by atoms with Gasteiger partial charge < -0.3 is 5.32 Å². The summed E-state index contributed by atoms with van der Waals surface area (Å²) in [7, 11) is 0. The molecule has 1 aromatic carbocycles. The Balaban J connectivity index is 1.67. The highest BCUT2D eigenvalue weighted by molar-refractivity contribution is 6.04. The zero-order valence-electron chi connectivity index (χ0n) is 15.1. The molecule has 1 aliphatic rings. The van der Waals surface area contributed by atoms with Crippen molar-refractivity contribution in [1.82, 2.24) is 9.97 Å². The molecule has 0 bridgehead atoms. The molecule has 0 saturated heterocycles. The van der Waals surface area contributed by atoms with E-state index < -0.39 is 0 Å². The molecule has 1 aliphatic heterocycles. The fourth-order valence-corrected chi connectivity index (χ4v) is 2.53. The molecule has 2 heterocycles. The molecule has 25 heavy (non-hydrogen) atoms. The van der Waals surface area contributed by atoms with Crippen molar-refractivity contribution < 1.29 is 4.79 Å². The molecule has 6 heteroatoms. The van der Waals surface area contributed by atoms with E-state index in [9.17, 15) is 4.79 Å². The number of carbonyl (C=O) groups excluding carboxylic acids is 1. The van der Waals surface area contributed by atoms with Crippen LogP contribution in [-0.2, 0) is 5.41 Å². The highest BCUT2D eigenvalue weighted by Gasteiger charge is 2.17. The fourth-order valence-electron chi connectivity index (χ4n) is 2.53. The van der Waals surface area contributed by atoms with E-state index in [1.54, 1.807) is 24.5 Å². The number of anilines is 2. The van der Waals surface area contributed by atoms with Crippen LogP contribution in [-0.4, -0.2) is 28.1 Å². The van der Waals surface area contributed by atoms with Gasteiger partial charge in [0.05, 0.1) is 23.8 Å². The Morgan fingerprint density at radius 2 is 1.76 bits per heavy atom. The van der Waals surface area contributed by atoms with Crippen LogP contribution in [0.1, 0.15) is 50.3 Å². The molecule has 2 aromatic rings. The second-order valence-corrected chi connectivity index (χ2v) is 7.25. The highest BCUT2D eigenvalue weighted by Crippen LogP contribution is 2.21. The summed E-state index contributed by atoms with van der Waals surface area (Å²) in [5, 5.41) is 9.24. The lowest BCUT2D eigenvalue weighted by atomic mass is 9.96. The van der Waals surface area contributed by atoms with E-state index in [2.05, 4.69) is 20.4 Å². The number of nitrogens with zero attached hydrogens (tertiary/aromatic N) is 4. The maximum absolute atomic E-state index is 12.4. The summed E-state index contributed by atoms with van der Waals surface area (Å²) in [5.74, 6) is 0.566. The van der Waals surface area contributed by atoms with Crippen LogP contribution in [0.5, 0.6) is 0 Å². The van der Waals surface area contributed by atoms with Crippen LogP contribution in [0.4, 0.5) is 11.4 Å². The minimum atomic E-state index is -0.181. The van der Waals surface area contributed by atoms with Gasteiger partial charge in [0.15, 0.2) is 0 Å². The van der Waals surface area contributed by atoms with E-state index in [-0.39, 0.29) is 11.3 Å². The third-order valence-corrected chi connectivity index (χ3v) is 3.98. The average Bonchev–Trinajstić information content (AvgIpc) is 3.01. The zero-order valence-corrected chi connectivity index (χ0v) is 15.1. The first-order valence-corrected chi connectivity index (χ1v) is 8.38. The van der Waals surface area contributed by atoms with Gasteiger partial charge in [0.1, 0.15) is 5.82 Å². The van der Waals surface area contributed by atoms with E-state index >= 15 is 0 Å². The third-order valence-electron chi connectivity index (χ3n) is 3.98. The molecule has 0 spiro atoms. The first kappa shape index (κ1) is 17.1. The number of carbonyl (C=O) groups is 1. The number of aromatic nitrogens is 2. The summed E-state index contributed by atoms with van der Waals surface area (Å²) in [5.41, 5.74) is 3.17. The molecule has 0 saturated carbocycles. The SMILES string of the molecule is CC1=NN(c2ccc(C(=O)Nc3cnc(C(C)(C)C)nc3)cc2)CC1. The van der Waals surface area contributed by atoms with Crippen LogP contribution in [0.3, 0.4) is 0 Å². The van der Waals surface area contributed by atoms with Gasteiger partial charge in [-0.1, -0.05) is 20.8 Å². The average molecular weight is 337 g/mol.